The van der Waals surface area contributed by atoms with Crippen molar-refractivity contribution in [2.24, 2.45) is 5.92 Å². The Morgan fingerprint density at radius 2 is 1.98 bits per heavy atom. The molecule has 2 aromatic rings. The van der Waals surface area contributed by atoms with E-state index in [1.807, 2.05) is 18.7 Å². The average Bonchev–Trinajstić information content (AvgIpc) is 3.32. The zero-order valence-electron chi connectivity index (χ0n) is 27.2. The van der Waals surface area contributed by atoms with Crippen LogP contribution < -0.4 is 19.9 Å². The lowest BCUT2D eigenvalue weighted by Crippen LogP contribution is -2.56. The van der Waals surface area contributed by atoms with E-state index in [-0.39, 0.29) is 24.5 Å². The zero-order valence-corrected chi connectivity index (χ0v) is 27.2. The number of amides is 1. The van der Waals surface area contributed by atoms with Crippen LogP contribution in [0, 0.1) is 26.3 Å². The molecule has 10 nitrogen and oxygen atoms in total. The number of anilines is 2. The van der Waals surface area contributed by atoms with Gasteiger partial charge in [0.1, 0.15) is 18.5 Å². The van der Waals surface area contributed by atoms with E-state index in [0.29, 0.717) is 50.8 Å². The molecule has 0 bridgehead atoms. The normalized spacial score (nSPS) is 22.4. The van der Waals surface area contributed by atoms with Gasteiger partial charge in [-0.15, -0.1) is 0 Å². The smallest absolute Gasteiger partial charge is 0.318 e. The van der Waals surface area contributed by atoms with Gasteiger partial charge in [-0.3, -0.25) is 9.69 Å². The SMILES string of the molecule is [C-]#[N+]C[C@H]1CN(c2nc(OC[C@@H]3C[C@@H](C)CN3C)nc3c2CCN(c2cccc(C)c2C)C3)CCN1C(=O)/C=C/NC(C)C. The molecule has 3 atom stereocenters. The van der Waals surface area contributed by atoms with Crippen LogP contribution >= 0.6 is 0 Å². The first-order valence-electron chi connectivity index (χ1n) is 16.0. The summed E-state index contributed by atoms with van der Waals surface area (Å²) in [6, 6.07) is 7.26. The predicted molar refractivity (Wildman–Crippen MR) is 175 cm³/mol. The van der Waals surface area contributed by atoms with E-state index in [9.17, 15) is 4.79 Å². The van der Waals surface area contributed by atoms with Crippen LogP contribution in [0.15, 0.2) is 30.5 Å². The van der Waals surface area contributed by atoms with Crippen LogP contribution in [0.1, 0.15) is 49.6 Å². The van der Waals surface area contributed by atoms with Crippen LogP contribution in [0.2, 0.25) is 0 Å². The van der Waals surface area contributed by atoms with Crippen molar-refractivity contribution in [2.45, 2.75) is 72.1 Å². The van der Waals surface area contributed by atoms with Crippen LogP contribution in [0.3, 0.4) is 0 Å². The number of carbonyl (C=O) groups is 1. The number of rotatable bonds is 9. The Labute approximate surface area is 262 Å². The van der Waals surface area contributed by atoms with Gasteiger partial charge in [0.25, 0.3) is 0 Å². The fourth-order valence-electron chi connectivity index (χ4n) is 6.73. The summed E-state index contributed by atoms with van der Waals surface area (Å²) in [5.74, 6) is 1.46. The van der Waals surface area contributed by atoms with Crippen LogP contribution in [0.25, 0.3) is 4.85 Å². The second-order valence-electron chi connectivity index (χ2n) is 13.0. The van der Waals surface area contributed by atoms with Crippen LogP contribution in [-0.2, 0) is 17.8 Å². The molecular weight excluding hydrogens is 552 g/mol. The molecule has 1 N–H and O–H groups in total. The standard InChI is InChI=1S/C34H48N8O2/c1-23(2)36-13-11-32(43)42-16-15-41(20-28(42)18-35-6)33-29-12-14-40(31-10-8-9-25(4)26(31)5)21-30(29)37-34(38-33)44-22-27-17-24(3)19-39(27)7/h8-11,13,23-24,27-28,36H,12,14-22H2,1-5,7H3/b13-11+/t24-,27+,28+/m1/s1. The maximum Gasteiger partial charge on any atom is 0.318 e. The van der Waals surface area contributed by atoms with Gasteiger partial charge in [0, 0.05) is 68.3 Å². The van der Waals surface area contributed by atoms with E-state index in [4.69, 9.17) is 21.3 Å². The first kappa shape index (κ1) is 31.6. The second kappa shape index (κ2) is 13.9. The molecule has 0 unspecified atom stereocenters. The van der Waals surface area contributed by atoms with Gasteiger partial charge in [-0.25, -0.2) is 6.57 Å². The summed E-state index contributed by atoms with van der Waals surface area (Å²) < 4.78 is 6.35. The van der Waals surface area contributed by atoms with Crippen molar-refractivity contribution in [1.29, 1.82) is 0 Å². The number of nitrogens with zero attached hydrogens (tertiary/aromatic N) is 7. The number of carbonyl (C=O) groups excluding carboxylic acids is 1. The summed E-state index contributed by atoms with van der Waals surface area (Å²) in [5.41, 5.74) is 5.95. The first-order valence-corrected chi connectivity index (χ1v) is 16.0. The van der Waals surface area contributed by atoms with Gasteiger partial charge in [0.05, 0.1) is 12.2 Å². The lowest BCUT2D eigenvalue weighted by Gasteiger charge is -2.41. The number of likely N-dealkylation sites (N-methyl/N-ethyl adjacent to an activating group) is 1. The second-order valence-corrected chi connectivity index (χ2v) is 13.0. The minimum Gasteiger partial charge on any atom is -0.462 e. The Bertz CT molecular complexity index is 1400. The van der Waals surface area contributed by atoms with Crippen molar-refractivity contribution in [3.8, 4) is 6.01 Å². The summed E-state index contributed by atoms with van der Waals surface area (Å²) in [6.07, 6.45) is 5.21. The van der Waals surface area contributed by atoms with Crippen LogP contribution in [0.5, 0.6) is 6.01 Å². The van der Waals surface area contributed by atoms with Gasteiger partial charge in [-0.2, -0.15) is 9.97 Å². The summed E-state index contributed by atoms with van der Waals surface area (Å²) in [7, 11) is 2.16. The van der Waals surface area contributed by atoms with E-state index in [2.05, 4.69) is 70.9 Å². The van der Waals surface area contributed by atoms with Gasteiger partial charge in [-0.05, 0) is 70.7 Å². The fraction of sp³-hybridized carbons (Fsp3) is 0.588. The van der Waals surface area contributed by atoms with Crippen molar-refractivity contribution < 1.29 is 9.53 Å². The van der Waals surface area contributed by atoms with Crippen molar-refractivity contribution in [2.75, 3.05) is 62.7 Å². The number of nitrogens with one attached hydrogen (secondary N) is 1. The van der Waals surface area contributed by atoms with Gasteiger partial charge >= 0.3 is 6.01 Å². The highest BCUT2D eigenvalue weighted by Gasteiger charge is 2.35. The molecule has 10 heteroatoms. The molecule has 0 aliphatic carbocycles. The number of ether oxygens (including phenoxy) is 1. The summed E-state index contributed by atoms with van der Waals surface area (Å²) in [5, 5.41) is 3.16. The van der Waals surface area contributed by atoms with Crippen molar-refractivity contribution in [3.05, 3.63) is 64.3 Å². The molecule has 3 aliphatic rings. The molecule has 1 aromatic carbocycles. The molecule has 4 heterocycles. The molecule has 0 saturated carbocycles. The molecule has 0 spiro atoms. The van der Waals surface area contributed by atoms with Crippen LogP contribution in [-0.4, -0.2) is 96.7 Å². The summed E-state index contributed by atoms with van der Waals surface area (Å²) in [6.45, 7) is 23.4. The van der Waals surface area contributed by atoms with E-state index in [0.717, 1.165) is 43.0 Å². The fourth-order valence-corrected chi connectivity index (χ4v) is 6.73. The number of fused-ring (bicyclic) bond motifs is 1. The van der Waals surface area contributed by atoms with Gasteiger partial charge in [0.2, 0.25) is 12.5 Å². The number of hydrogen-bond donors (Lipinski definition) is 1. The number of piperazine rings is 1. The van der Waals surface area contributed by atoms with Gasteiger partial charge in [0.15, 0.2) is 0 Å². The minimum atomic E-state index is -0.226. The molecule has 3 aliphatic heterocycles. The number of aryl methyl sites for hydroxylation is 1. The van der Waals surface area contributed by atoms with Crippen molar-refractivity contribution >= 4 is 17.4 Å². The third kappa shape index (κ3) is 7.10. The highest BCUT2D eigenvalue weighted by atomic mass is 16.5. The molecule has 2 fully saturated rings. The molecule has 1 amide bonds. The number of likely N-dealkylation sites (tertiary alicyclic amines) is 1. The largest absolute Gasteiger partial charge is 0.462 e. The molecule has 0 radical (unpaired) electrons. The minimum absolute atomic E-state index is 0.0701. The highest BCUT2D eigenvalue weighted by Crippen LogP contribution is 2.34. The van der Waals surface area contributed by atoms with E-state index in [1.165, 1.54) is 16.8 Å². The maximum atomic E-state index is 13.1. The zero-order chi connectivity index (χ0) is 31.4. The lowest BCUT2D eigenvalue weighted by atomic mass is 10.0. The topological polar surface area (TPSA) is 81.4 Å². The number of aromatic nitrogens is 2. The molecular formula is C34H48N8O2. The first-order chi connectivity index (χ1) is 21.1. The lowest BCUT2D eigenvalue weighted by molar-refractivity contribution is -0.128. The molecule has 2 saturated heterocycles. The molecule has 44 heavy (non-hydrogen) atoms. The third-order valence-electron chi connectivity index (χ3n) is 9.26. The van der Waals surface area contributed by atoms with Gasteiger partial charge in [-0.1, -0.05) is 19.1 Å². The highest BCUT2D eigenvalue weighted by molar-refractivity contribution is 5.88. The monoisotopic (exact) mass is 600 g/mol. The van der Waals surface area contributed by atoms with Crippen molar-refractivity contribution in [1.82, 2.24) is 25.1 Å². The Morgan fingerprint density at radius 3 is 2.70 bits per heavy atom. The third-order valence-corrected chi connectivity index (χ3v) is 9.26. The summed E-state index contributed by atoms with van der Waals surface area (Å²) in [4.78, 5) is 35.7. The van der Waals surface area contributed by atoms with E-state index >= 15 is 0 Å². The van der Waals surface area contributed by atoms with Crippen molar-refractivity contribution in [3.63, 3.8) is 0 Å². The Kier molecular flexibility index (Phi) is 9.94. The van der Waals surface area contributed by atoms with E-state index < -0.39 is 0 Å². The quantitative estimate of drug-likeness (QED) is 0.344. The Hall–Kier alpha value is -3.84. The van der Waals surface area contributed by atoms with Crippen LogP contribution in [0.4, 0.5) is 11.5 Å². The Balaban J connectivity index is 1.42. The predicted octanol–water partition coefficient (Wildman–Crippen LogP) is 3.82. The molecule has 1 aromatic heterocycles. The average molecular weight is 601 g/mol. The number of benzene rings is 1. The maximum absolute atomic E-state index is 13.1. The summed E-state index contributed by atoms with van der Waals surface area (Å²) >= 11 is 0. The Morgan fingerprint density at radius 1 is 1.16 bits per heavy atom. The van der Waals surface area contributed by atoms with E-state index in [1.54, 1.807) is 12.3 Å². The number of hydrogen-bond acceptors (Lipinski definition) is 8. The molecule has 5 rings (SSSR count). The van der Waals surface area contributed by atoms with Gasteiger partial charge < -0.3 is 29.6 Å². The molecule has 236 valence electrons.